The Morgan fingerprint density at radius 3 is 1.88 bits per heavy atom. The second-order valence-corrected chi connectivity index (χ2v) is 7.45. The summed E-state index contributed by atoms with van der Waals surface area (Å²) in [5.74, 6) is -0.625. The number of unbranched alkanes of at least 4 members (excludes halogenated alkanes) is 9. The molecule has 140 valence electrons. The Morgan fingerprint density at radius 1 is 0.958 bits per heavy atom. The standard InChI is InChI=1S/C16H32O6S.Na.H/c1-3-4-5-6-7-8-9-10-11-12-13-21-16(17)22-15(2)14-23(18,19)20;;/h15H,3-14H2,1-2H3,(H,18,19,20);;. The number of rotatable bonds is 14. The summed E-state index contributed by atoms with van der Waals surface area (Å²) in [5.41, 5.74) is 0. The first-order valence-electron chi connectivity index (χ1n) is 8.63. The average molecular weight is 376 g/mol. The molecule has 24 heavy (non-hydrogen) atoms. The minimum absolute atomic E-state index is 0. The summed E-state index contributed by atoms with van der Waals surface area (Å²) in [6.07, 6.45) is 10.1. The Hall–Kier alpha value is 0.180. The van der Waals surface area contributed by atoms with Crippen LogP contribution in [0.25, 0.3) is 0 Å². The SMILES string of the molecule is CCCCCCCCCCCCOC(=O)OC(C)CS(=O)(=O)O.[NaH]. The fourth-order valence-electron chi connectivity index (χ4n) is 2.27. The monoisotopic (exact) mass is 376 g/mol. The maximum atomic E-state index is 11.3. The first-order valence-corrected chi connectivity index (χ1v) is 10.2. The van der Waals surface area contributed by atoms with E-state index in [1.54, 1.807) is 0 Å². The summed E-state index contributed by atoms with van der Waals surface area (Å²) in [6, 6.07) is 0. The van der Waals surface area contributed by atoms with Crippen LogP contribution in [-0.4, -0.2) is 67.1 Å². The van der Waals surface area contributed by atoms with Crippen molar-refractivity contribution in [3.05, 3.63) is 0 Å². The van der Waals surface area contributed by atoms with Crippen molar-refractivity contribution in [2.75, 3.05) is 12.4 Å². The summed E-state index contributed by atoms with van der Waals surface area (Å²) in [7, 11) is -4.15. The molecule has 1 atom stereocenters. The van der Waals surface area contributed by atoms with Crippen molar-refractivity contribution in [1.82, 2.24) is 0 Å². The molecule has 0 aliphatic heterocycles. The molecule has 1 unspecified atom stereocenters. The van der Waals surface area contributed by atoms with Gasteiger partial charge in [-0.3, -0.25) is 4.55 Å². The summed E-state index contributed by atoms with van der Waals surface area (Å²) in [6.45, 7) is 3.87. The molecule has 0 saturated heterocycles. The Balaban J connectivity index is 0. The minimum atomic E-state index is -4.15. The van der Waals surface area contributed by atoms with E-state index in [-0.39, 0.29) is 36.2 Å². The predicted molar refractivity (Wildman–Crippen MR) is 97.3 cm³/mol. The molecule has 0 amide bonds. The molecule has 8 heteroatoms. The zero-order valence-electron chi connectivity index (χ0n) is 14.5. The van der Waals surface area contributed by atoms with Gasteiger partial charge in [-0.25, -0.2) is 4.79 Å². The van der Waals surface area contributed by atoms with Crippen LogP contribution in [0.5, 0.6) is 0 Å². The van der Waals surface area contributed by atoms with Crippen molar-refractivity contribution in [2.45, 2.75) is 84.2 Å². The predicted octanol–water partition coefficient (Wildman–Crippen LogP) is 3.69. The van der Waals surface area contributed by atoms with Gasteiger partial charge in [0.15, 0.2) is 0 Å². The van der Waals surface area contributed by atoms with Crippen molar-refractivity contribution in [1.29, 1.82) is 0 Å². The zero-order valence-corrected chi connectivity index (χ0v) is 15.3. The summed E-state index contributed by atoms with van der Waals surface area (Å²) in [4.78, 5) is 11.3. The van der Waals surface area contributed by atoms with Gasteiger partial charge >= 0.3 is 35.7 Å². The molecule has 6 nitrogen and oxygen atoms in total. The van der Waals surface area contributed by atoms with Gasteiger partial charge in [0.2, 0.25) is 0 Å². The van der Waals surface area contributed by atoms with Gasteiger partial charge in [0.25, 0.3) is 10.1 Å². The van der Waals surface area contributed by atoms with Crippen molar-refractivity contribution in [3.63, 3.8) is 0 Å². The Morgan fingerprint density at radius 2 is 1.42 bits per heavy atom. The number of carbonyl (C=O) groups excluding carboxylic acids is 1. The molecule has 0 radical (unpaired) electrons. The van der Waals surface area contributed by atoms with Crippen LogP contribution >= 0.6 is 0 Å². The Bertz CT molecular complexity index is 399. The quantitative estimate of drug-likeness (QED) is 0.215. The first kappa shape index (κ1) is 26.4. The van der Waals surface area contributed by atoms with Crippen LogP contribution in [0.4, 0.5) is 4.79 Å². The van der Waals surface area contributed by atoms with E-state index in [0.29, 0.717) is 0 Å². The van der Waals surface area contributed by atoms with E-state index in [4.69, 9.17) is 14.0 Å². The van der Waals surface area contributed by atoms with Gasteiger partial charge in [-0.05, 0) is 13.3 Å². The van der Waals surface area contributed by atoms with E-state index in [1.807, 2.05) is 0 Å². The van der Waals surface area contributed by atoms with E-state index >= 15 is 0 Å². The van der Waals surface area contributed by atoms with Gasteiger partial charge in [0.1, 0.15) is 11.9 Å². The van der Waals surface area contributed by atoms with Gasteiger partial charge in [0.05, 0.1) is 6.61 Å². The molecule has 0 heterocycles. The van der Waals surface area contributed by atoms with E-state index in [9.17, 15) is 13.2 Å². The molecule has 0 rings (SSSR count). The molecule has 0 spiro atoms. The Kier molecular flexibility index (Phi) is 18.3. The maximum absolute atomic E-state index is 11.3. The number of ether oxygens (including phenoxy) is 2. The second kappa shape index (κ2) is 16.6. The molecular formula is C16H33NaO6S. The van der Waals surface area contributed by atoms with Gasteiger partial charge in [-0.1, -0.05) is 64.7 Å². The van der Waals surface area contributed by atoms with E-state index in [0.717, 1.165) is 19.3 Å². The fraction of sp³-hybridized carbons (Fsp3) is 0.938. The molecule has 0 aliphatic carbocycles. The van der Waals surface area contributed by atoms with E-state index in [2.05, 4.69) is 6.92 Å². The van der Waals surface area contributed by atoms with Crippen LogP contribution < -0.4 is 0 Å². The normalized spacial score (nSPS) is 12.3. The van der Waals surface area contributed by atoms with Crippen molar-refractivity contribution >= 4 is 45.8 Å². The van der Waals surface area contributed by atoms with Crippen molar-refractivity contribution in [3.8, 4) is 0 Å². The number of hydrogen-bond acceptors (Lipinski definition) is 5. The molecule has 0 bridgehead atoms. The summed E-state index contributed by atoms with van der Waals surface area (Å²) >= 11 is 0. The number of carbonyl (C=O) groups is 1. The molecule has 0 aromatic rings. The molecule has 0 saturated carbocycles. The molecule has 0 aromatic carbocycles. The topological polar surface area (TPSA) is 89.9 Å². The van der Waals surface area contributed by atoms with E-state index in [1.165, 1.54) is 51.9 Å². The van der Waals surface area contributed by atoms with Crippen molar-refractivity contribution in [2.24, 2.45) is 0 Å². The third kappa shape index (κ3) is 20.2. The average Bonchev–Trinajstić information content (AvgIpc) is 2.42. The van der Waals surface area contributed by atoms with Crippen LogP contribution in [0.2, 0.25) is 0 Å². The third-order valence-corrected chi connectivity index (χ3v) is 4.35. The van der Waals surface area contributed by atoms with Gasteiger partial charge in [-0.2, -0.15) is 8.42 Å². The number of hydrogen-bond donors (Lipinski definition) is 1. The summed E-state index contributed by atoms with van der Waals surface area (Å²) in [5, 5.41) is 0. The molecular weight excluding hydrogens is 343 g/mol. The van der Waals surface area contributed by atoms with Crippen LogP contribution in [0.15, 0.2) is 0 Å². The van der Waals surface area contributed by atoms with Crippen molar-refractivity contribution < 1.29 is 27.2 Å². The molecule has 0 aliphatic rings. The van der Waals surface area contributed by atoms with E-state index < -0.39 is 28.1 Å². The van der Waals surface area contributed by atoms with Gasteiger partial charge in [0, 0.05) is 0 Å². The molecule has 0 aromatic heterocycles. The molecule has 1 N–H and O–H groups in total. The summed E-state index contributed by atoms with van der Waals surface area (Å²) < 4.78 is 39.4. The fourth-order valence-corrected chi connectivity index (χ4v) is 2.94. The van der Waals surface area contributed by atoms with Gasteiger partial charge in [-0.15, -0.1) is 0 Å². The first-order chi connectivity index (χ1) is 10.8. The van der Waals surface area contributed by atoms with Crippen LogP contribution in [-0.2, 0) is 19.6 Å². The van der Waals surface area contributed by atoms with Gasteiger partial charge < -0.3 is 9.47 Å². The zero-order chi connectivity index (χ0) is 17.6. The van der Waals surface area contributed by atoms with Crippen LogP contribution in [0.3, 0.4) is 0 Å². The van der Waals surface area contributed by atoms with Crippen LogP contribution in [0.1, 0.15) is 78.1 Å². The Labute approximate surface area is 169 Å². The third-order valence-electron chi connectivity index (χ3n) is 3.46. The molecule has 0 fully saturated rings. The van der Waals surface area contributed by atoms with Crippen LogP contribution in [0, 0.1) is 0 Å². The second-order valence-electron chi connectivity index (χ2n) is 5.96.